The maximum atomic E-state index is 5.10. The molecule has 2 fully saturated rings. The molecule has 1 N–H and O–H groups in total. The van der Waals surface area contributed by atoms with Crippen LogP contribution in [0.15, 0.2) is 28.0 Å². The molecule has 0 bridgehead atoms. The van der Waals surface area contributed by atoms with Crippen molar-refractivity contribution >= 4 is 29.9 Å². The monoisotopic (exact) mass is 418 g/mol. The first-order valence-corrected chi connectivity index (χ1v) is 8.07. The molecule has 0 saturated carbocycles. The molecule has 1 unspecified atom stereocenters. The van der Waals surface area contributed by atoms with Gasteiger partial charge in [0, 0.05) is 38.3 Å². The van der Waals surface area contributed by atoms with E-state index in [2.05, 4.69) is 20.1 Å². The molecular formula is C16H27IN4O. The van der Waals surface area contributed by atoms with E-state index in [0.717, 1.165) is 31.2 Å². The Morgan fingerprint density at radius 2 is 2.14 bits per heavy atom. The van der Waals surface area contributed by atoms with Crippen molar-refractivity contribution in [1.82, 2.24) is 15.1 Å². The standard InChI is InChI=1S/C16H26N4O.HI/c1-17-16(18-11-14-6-10-21-13-14)20-9-5-15(12-20)19-7-3-2-4-8-19;/h6,10,13,15H,2-5,7-9,11-12H2,1H3,(H,17,18);1H. The minimum Gasteiger partial charge on any atom is -0.472 e. The van der Waals surface area contributed by atoms with Crippen LogP contribution in [-0.4, -0.2) is 55.0 Å². The van der Waals surface area contributed by atoms with E-state index in [1.54, 1.807) is 12.5 Å². The molecule has 5 nitrogen and oxygen atoms in total. The van der Waals surface area contributed by atoms with Crippen LogP contribution in [0.2, 0.25) is 0 Å². The summed E-state index contributed by atoms with van der Waals surface area (Å²) in [6, 6.07) is 2.69. The number of hydrogen-bond donors (Lipinski definition) is 1. The summed E-state index contributed by atoms with van der Waals surface area (Å²) in [5.41, 5.74) is 1.16. The highest BCUT2D eigenvalue weighted by Crippen LogP contribution is 2.20. The van der Waals surface area contributed by atoms with Crippen LogP contribution in [0.4, 0.5) is 0 Å². The van der Waals surface area contributed by atoms with Gasteiger partial charge in [-0.25, -0.2) is 0 Å². The molecule has 0 aromatic carbocycles. The lowest BCUT2D eigenvalue weighted by Gasteiger charge is -2.32. The van der Waals surface area contributed by atoms with Gasteiger partial charge in [-0.2, -0.15) is 0 Å². The number of nitrogens with zero attached hydrogens (tertiary/aromatic N) is 3. The Morgan fingerprint density at radius 3 is 2.82 bits per heavy atom. The summed E-state index contributed by atoms with van der Waals surface area (Å²) in [6.07, 6.45) is 8.88. The zero-order chi connectivity index (χ0) is 14.5. The van der Waals surface area contributed by atoms with Crippen molar-refractivity contribution in [2.75, 3.05) is 33.2 Å². The number of halogens is 1. The Hall–Kier alpha value is -0.760. The van der Waals surface area contributed by atoms with Gasteiger partial charge in [-0.1, -0.05) is 6.42 Å². The Labute approximate surface area is 150 Å². The Kier molecular flexibility index (Phi) is 7.01. The van der Waals surface area contributed by atoms with E-state index in [-0.39, 0.29) is 24.0 Å². The van der Waals surface area contributed by atoms with Gasteiger partial charge in [0.2, 0.25) is 0 Å². The minimum absolute atomic E-state index is 0. The van der Waals surface area contributed by atoms with Crippen molar-refractivity contribution in [3.8, 4) is 0 Å². The number of guanidine groups is 1. The smallest absolute Gasteiger partial charge is 0.193 e. The summed E-state index contributed by atoms with van der Waals surface area (Å²) in [5.74, 6) is 1.01. The maximum Gasteiger partial charge on any atom is 0.193 e. The van der Waals surface area contributed by atoms with Crippen LogP contribution < -0.4 is 5.32 Å². The summed E-state index contributed by atoms with van der Waals surface area (Å²) in [6.45, 7) is 5.53. The molecule has 2 saturated heterocycles. The van der Waals surface area contributed by atoms with E-state index in [1.165, 1.54) is 38.8 Å². The summed E-state index contributed by atoms with van der Waals surface area (Å²) in [5, 5.41) is 3.43. The van der Waals surface area contributed by atoms with Crippen LogP contribution in [0.5, 0.6) is 0 Å². The van der Waals surface area contributed by atoms with Crippen molar-refractivity contribution in [1.29, 1.82) is 0 Å². The average molecular weight is 418 g/mol. The molecule has 2 aliphatic rings. The molecule has 1 aromatic heterocycles. The van der Waals surface area contributed by atoms with Crippen molar-refractivity contribution in [3.63, 3.8) is 0 Å². The predicted molar refractivity (Wildman–Crippen MR) is 99.7 cm³/mol. The predicted octanol–water partition coefficient (Wildman–Crippen LogP) is 2.53. The van der Waals surface area contributed by atoms with Crippen molar-refractivity contribution in [3.05, 3.63) is 24.2 Å². The van der Waals surface area contributed by atoms with Gasteiger partial charge in [-0.05, 0) is 38.4 Å². The fraction of sp³-hybridized carbons (Fsp3) is 0.688. The van der Waals surface area contributed by atoms with Gasteiger partial charge in [0.15, 0.2) is 5.96 Å². The largest absolute Gasteiger partial charge is 0.472 e. The zero-order valence-electron chi connectivity index (χ0n) is 13.3. The summed E-state index contributed by atoms with van der Waals surface area (Å²) in [4.78, 5) is 9.49. The number of piperidine rings is 1. The first kappa shape index (κ1) is 17.6. The molecular weight excluding hydrogens is 391 g/mol. The fourth-order valence-corrected chi connectivity index (χ4v) is 3.42. The molecule has 2 aliphatic heterocycles. The van der Waals surface area contributed by atoms with Crippen LogP contribution >= 0.6 is 24.0 Å². The van der Waals surface area contributed by atoms with E-state index in [1.807, 2.05) is 13.1 Å². The molecule has 0 amide bonds. The molecule has 1 aromatic rings. The summed E-state index contributed by atoms with van der Waals surface area (Å²) >= 11 is 0. The van der Waals surface area contributed by atoms with E-state index in [4.69, 9.17) is 4.42 Å². The lowest BCUT2D eigenvalue weighted by atomic mass is 10.1. The van der Waals surface area contributed by atoms with E-state index in [0.29, 0.717) is 6.04 Å². The highest BCUT2D eigenvalue weighted by molar-refractivity contribution is 14.0. The molecule has 22 heavy (non-hydrogen) atoms. The lowest BCUT2D eigenvalue weighted by molar-refractivity contribution is 0.168. The molecule has 3 heterocycles. The number of likely N-dealkylation sites (tertiary alicyclic amines) is 2. The fourth-order valence-electron chi connectivity index (χ4n) is 3.42. The summed E-state index contributed by atoms with van der Waals surface area (Å²) in [7, 11) is 1.87. The van der Waals surface area contributed by atoms with Gasteiger partial charge in [0.1, 0.15) is 0 Å². The second kappa shape index (κ2) is 8.76. The topological polar surface area (TPSA) is 44.0 Å². The van der Waals surface area contributed by atoms with Crippen molar-refractivity contribution < 1.29 is 4.42 Å². The van der Waals surface area contributed by atoms with E-state index >= 15 is 0 Å². The molecule has 0 aliphatic carbocycles. The van der Waals surface area contributed by atoms with E-state index < -0.39 is 0 Å². The second-order valence-corrected chi connectivity index (χ2v) is 6.02. The Morgan fingerprint density at radius 1 is 1.32 bits per heavy atom. The molecule has 3 rings (SSSR count). The number of aliphatic imine (C=N–C) groups is 1. The number of rotatable bonds is 3. The lowest BCUT2D eigenvalue weighted by Crippen LogP contribution is -2.44. The molecule has 0 spiro atoms. The second-order valence-electron chi connectivity index (χ2n) is 6.02. The first-order valence-electron chi connectivity index (χ1n) is 8.07. The van der Waals surface area contributed by atoms with Crippen molar-refractivity contribution in [2.24, 2.45) is 4.99 Å². The van der Waals surface area contributed by atoms with Crippen LogP contribution in [0, 0.1) is 0 Å². The van der Waals surface area contributed by atoms with Crippen LogP contribution in [0.3, 0.4) is 0 Å². The van der Waals surface area contributed by atoms with Gasteiger partial charge < -0.3 is 14.6 Å². The number of furan rings is 1. The first-order chi connectivity index (χ1) is 10.4. The van der Waals surface area contributed by atoms with Crippen molar-refractivity contribution in [2.45, 2.75) is 38.3 Å². The van der Waals surface area contributed by atoms with Gasteiger partial charge >= 0.3 is 0 Å². The van der Waals surface area contributed by atoms with Crippen LogP contribution in [0.25, 0.3) is 0 Å². The Balaban J connectivity index is 0.00000176. The highest BCUT2D eigenvalue weighted by Gasteiger charge is 2.29. The minimum atomic E-state index is 0. The number of nitrogens with one attached hydrogen (secondary N) is 1. The van der Waals surface area contributed by atoms with Gasteiger partial charge in [0.25, 0.3) is 0 Å². The van der Waals surface area contributed by atoms with Crippen LogP contribution in [0.1, 0.15) is 31.2 Å². The highest BCUT2D eigenvalue weighted by atomic mass is 127. The molecule has 1 atom stereocenters. The third-order valence-electron chi connectivity index (χ3n) is 4.61. The van der Waals surface area contributed by atoms with E-state index in [9.17, 15) is 0 Å². The quantitative estimate of drug-likeness (QED) is 0.466. The molecule has 6 heteroatoms. The zero-order valence-corrected chi connectivity index (χ0v) is 15.7. The van der Waals surface area contributed by atoms with Crippen LogP contribution in [-0.2, 0) is 6.54 Å². The molecule has 124 valence electrons. The SMILES string of the molecule is CN=C(NCc1ccoc1)N1CCC(N2CCCCC2)C1.I. The van der Waals surface area contributed by atoms with Gasteiger partial charge in [-0.3, -0.25) is 9.89 Å². The molecule has 0 radical (unpaired) electrons. The Bertz CT molecular complexity index is 457. The number of hydrogen-bond acceptors (Lipinski definition) is 3. The summed E-state index contributed by atoms with van der Waals surface area (Å²) < 4.78 is 5.10. The van der Waals surface area contributed by atoms with Gasteiger partial charge in [0.05, 0.1) is 12.5 Å². The van der Waals surface area contributed by atoms with Gasteiger partial charge in [-0.15, -0.1) is 24.0 Å². The average Bonchev–Trinajstić information content (AvgIpc) is 3.20. The maximum absolute atomic E-state index is 5.10. The third-order valence-corrected chi connectivity index (χ3v) is 4.61. The third kappa shape index (κ3) is 4.38. The normalized spacial score (nSPS) is 23.4.